The Morgan fingerprint density at radius 3 is 1.89 bits per heavy atom. The number of hydrogen-bond acceptors (Lipinski definition) is 5. The summed E-state index contributed by atoms with van der Waals surface area (Å²) >= 11 is 0. The van der Waals surface area contributed by atoms with E-state index >= 15 is 0 Å². The van der Waals surface area contributed by atoms with Crippen molar-refractivity contribution in [3.63, 3.8) is 0 Å². The third kappa shape index (κ3) is 6.41. The maximum absolute atomic E-state index is 12.7. The fourth-order valence-electron chi connectivity index (χ4n) is 4.26. The average Bonchev–Trinajstić information content (AvgIpc) is 3.15. The van der Waals surface area contributed by atoms with E-state index in [1.807, 2.05) is 62.4 Å². The molecule has 2 aromatic rings. The Bertz CT molecular complexity index is 1090. The second-order valence-corrected chi connectivity index (χ2v) is 9.45. The van der Waals surface area contributed by atoms with Crippen LogP contribution in [0.5, 0.6) is 0 Å². The molecule has 0 aromatic heterocycles. The Kier molecular flexibility index (Phi) is 8.68. The molecule has 3 amide bonds. The van der Waals surface area contributed by atoms with Gasteiger partial charge >= 0.3 is 12.1 Å². The van der Waals surface area contributed by atoms with Crippen molar-refractivity contribution in [1.82, 2.24) is 16.0 Å². The quantitative estimate of drug-likeness (QED) is 0.400. The molecule has 0 radical (unpaired) electrons. The van der Waals surface area contributed by atoms with Crippen molar-refractivity contribution < 1.29 is 29.0 Å². The van der Waals surface area contributed by atoms with E-state index in [-0.39, 0.29) is 18.4 Å². The van der Waals surface area contributed by atoms with Gasteiger partial charge in [-0.05, 0) is 48.4 Å². The van der Waals surface area contributed by atoms with Crippen molar-refractivity contribution in [2.24, 2.45) is 5.92 Å². The fraction of sp³-hybridized carbons (Fsp3) is 0.407. The van der Waals surface area contributed by atoms with Crippen molar-refractivity contribution in [3.8, 4) is 11.1 Å². The predicted octanol–water partition coefficient (Wildman–Crippen LogP) is 3.03. The number of hydrogen-bond donors (Lipinski definition) is 4. The number of aliphatic carboxylic acids is 1. The molecule has 2 aromatic carbocycles. The summed E-state index contributed by atoms with van der Waals surface area (Å²) in [5.74, 6) is -2.40. The monoisotopic (exact) mass is 495 g/mol. The molecule has 9 heteroatoms. The van der Waals surface area contributed by atoms with E-state index in [1.165, 1.54) is 13.8 Å². The summed E-state index contributed by atoms with van der Waals surface area (Å²) in [6.07, 6.45) is -0.439. The zero-order valence-electron chi connectivity index (χ0n) is 20.9. The van der Waals surface area contributed by atoms with Crippen molar-refractivity contribution >= 4 is 23.9 Å². The molecule has 0 saturated carbocycles. The summed E-state index contributed by atoms with van der Waals surface area (Å²) in [5, 5.41) is 16.5. The minimum Gasteiger partial charge on any atom is -0.480 e. The van der Waals surface area contributed by atoms with Crippen LogP contribution in [0.3, 0.4) is 0 Å². The minimum atomic E-state index is -1.18. The third-order valence-electron chi connectivity index (χ3n) is 6.14. The van der Waals surface area contributed by atoms with Gasteiger partial charge in [-0.2, -0.15) is 0 Å². The molecule has 192 valence electrons. The van der Waals surface area contributed by atoms with E-state index < -0.39 is 42.0 Å². The van der Waals surface area contributed by atoms with Crippen LogP contribution in [-0.4, -0.2) is 53.7 Å². The molecule has 3 rings (SSSR count). The molecule has 0 fully saturated rings. The minimum absolute atomic E-state index is 0.0616. The van der Waals surface area contributed by atoms with Gasteiger partial charge in [-0.25, -0.2) is 4.79 Å². The van der Waals surface area contributed by atoms with Crippen LogP contribution in [-0.2, 0) is 19.1 Å². The molecule has 0 unspecified atom stereocenters. The lowest BCUT2D eigenvalue weighted by atomic mass is 9.98. The summed E-state index contributed by atoms with van der Waals surface area (Å²) in [4.78, 5) is 48.8. The van der Waals surface area contributed by atoms with Gasteiger partial charge in [-0.1, -0.05) is 62.4 Å². The lowest BCUT2D eigenvalue weighted by molar-refractivity contribution is -0.141. The van der Waals surface area contributed by atoms with Crippen molar-refractivity contribution in [3.05, 3.63) is 59.7 Å². The number of carbonyl (C=O) groups excluding carboxylic acids is 3. The largest absolute Gasteiger partial charge is 0.480 e. The van der Waals surface area contributed by atoms with Crippen LogP contribution >= 0.6 is 0 Å². The van der Waals surface area contributed by atoms with Gasteiger partial charge in [0.25, 0.3) is 0 Å². The van der Waals surface area contributed by atoms with E-state index in [4.69, 9.17) is 9.84 Å². The average molecular weight is 496 g/mol. The van der Waals surface area contributed by atoms with Crippen LogP contribution in [0.15, 0.2) is 48.5 Å². The Labute approximate surface area is 210 Å². The molecule has 9 nitrogen and oxygen atoms in total. The zero-order valence-corrected chi connectivity index (χ0v) is 20.9. The van der Waals surface area contributed by atoms with Gasteiger partial charge in [0.15, 0.2) is 0 Å². The van der Waals surface area contributed by atoms with Crippen LogP contribution in [0.1, 0.15) is 51.2 Å². The molecule has 36 heavy (non-hydrogen) atoms. The first kappa shape index (κ1) is 26.7. The van der Waals surface area contributed by atoms with E-state index in [0.29, 0.717) is 6.42 Å². The number of benzene rings is 2. The maximum Gasteiger partial charge on any atom is 0.407 e. The SMILES string of the molecule is CC(C)C[C@H](NC(=O)[C@H](C)NC(=O)OCC1c2ccccc2-c2ccccc21)C(=O)N[C@@H](C)C(=O)O. The highest BCUT2D eigenvalue weighted by Crippen LogP contribution is 2.44. The summed E-state index contributed by atoms with van der Waals surface area (Å²) in [7, 11) is 0. The smallest absolute Gasteiger partial charge is 0.407 e. The number of carboxylic acid groups (broad SMARTS) is 1. The molecule has 4 N–H and O–H groups in total. The van der Waals surface area contributed by atoms with E-state index in [0.717, 1.165) is 22.3 Å². The molecule has 1 aliphatic carbocycles. The second-order valence-electron chi connectivity index (χ2n) is 9.45. The molecule has 0 aliphatic heterocycles. The van der Waals surface area contributed by atoms with Crippen molar-refractivity contribution in [1.29, 1.82) is 0 Å². The maximum atomic E-state index is 12.7. The number of fused-ring (bicyclic) bond motifs is 3. The van der Waals surface area contributed by atoms with E-state index in [9.17, 15) is 19.2 Å². The first-order valence-electron chi connectivity index (χ1n) is 12.0. The predicted molar refractivity (Wildman–Crippen MR) is 134 cm³/mol. The third-order valence-corrected chi connectivity index (χ3v) is 6.14. The number of nitrogens with one attached hydrogen (secondary N) is 3. The van der Waals surface area contributed by atoms with Crippen LogP contribution < -0.4 is 16.0 Å². The molecular formula is C27H33N3O6. The van der Waals surface area contributed by atoms with Crippen LogP contribution in [0.2, 0.25) is 0 Å². The summed E-state index contributed by atoms with van der Waals surface area (Å²) in [6.45, 7) is 6.70. The zero-order chi connectivity index (χ0) is 26.4. The molecule has 0 bridgehead atoms. The second kappa shape index (κ2) is 11.7. The first-order chi connectivity index (χ1) is 17.1. The van der Waals surface area contributed by atoms with Gasteiger partial charge in [0, 0.05) is 5.92 Å². The number of ether oxygens (including phenoxy) is 1. The standard InChI is InChI=1S/C27H33N3O6/c1-15(2)13-23(25(32)28-17(4)26(33)34)30-24(31)16(3)29-27(35)36-14-22-20-11-7-5-9-18(20)19-10-6-8-12-21(19)22/h5-12,15-17,22-23H,13-14H2,1-4H3,(H,28,32)(H,29,35)(H,30,31)(H,33,34)/t16-,17-,23-/m0/s1. The molecule has 0 saturated heterocycles. The topological polar surface area (TPSA) is 134 Å². The van der Waals surface area contributed by atoms with Crippen LogP contribution in [0, 0.1) is 5.92 Å². The van der Waals surface area contributed by atoms with Crippen LogP contribution in [0.25, 0.3) is 11.1 Å². The number of rotatable bonds is 10. The van der Waals surface area contributed by atoms with Crippen molar-refractivity contribution in [2.45, 2.75) is 58.2 Å². The highest BCUT2D eigenvalue weighted by Gasteiger charge is 2.30. The van der Waals surface area contributed by atoms with Gasteiger partial charge in [0.1, 0.15) is 24.7 Å². The summed E-state index contributed by atoms with van der Waals surface area (Å²) in [6, 6.07) is 13.0. The van der Waals surface area contributed by atoms with Gasteiger partial charge in [-0.15, -0.1) is 0 Å². The molecular weight excluding hydrogens is 462 g/mol. The molecule has 0 spiro atoms. The Hall–Kier alpha value is -3.88. The Morgan fingerprint density at radius 2 is 1.36 bits per heavy atom. The lowest BCUT2D eigenvalue weighted by Gasteiger charge is -2.23. The highest BCUT2D eigenvalue weighted by molar-refractivity contribution is 5.92. The van der Waals surface area contributed by atoms with Crippen LogP contribution in [0.4, 0.5) is 4.79 Å². The van der Waals surface area contributed by atoms with E-state index in [2.05, 4.69) is 16.0 Å². The molecule has 3 atom stereocenters. The number of alkyl carbamates (subject to hydrolysis) is 1. The normalized spacial score (nSPS) is 14.7. The lowest BCUT2D eigenvalue weighted by Crippen LogP contribution is -2.55. The molecule has 0 heterocycles. The Balaban J connectivity index is 1.57. The fourth-order valence-corrected chi connectivity index (χ4v) is 4.26. The summed E-state index contributed by atoms with van der Waals surface area (Å²) < 4.78 is 5.48. The number of carboxylic acids is 1. The van der Waals surface area contributed by atoms with Gasteiger partial charge in [0.05, 0.1) is 0 Å². The summed E-state index contributed by atoms with van der Waals surface area (Å²) in [5.41, 5.74) is 4.38. The first-order valence-corrected chi connectivity index (χ1v) is 12.0. The van der Waals surface area contributed by atoms with Gasteiger partial charge < -0.3 is 25.8 Å². The van der Waals surface area contributed by atoms with Crippen molar-refractivity contribution in [2.75, 3.05) is 6.61 Å². The van der Waals surface area contributed by atoms with Gasteiger partial charge in [0.2, 0.25) is 11.8 Å². The van der Waals surface area contributed by atoms with E-state index in [1.54, 1.807) is 0 Å². The van der Waals surface area contributed by atoms with Gasteiger partial charge in [-0.3, -0.25) is 14.4 Å². The number of carbonyl (C=O) groups is 4. The Morgan fingerprint density at radius 1 is 0.806 bits per heavy atom. The molecule has 1 aliphatic rings. The highest BCUT2D eigenvalue weighted by atomic mass is 16.5. The number of amides is 3.